The molecule has 6 aliphatic rings. The van der Waals surface area contributed by atoms with Gasteiger partial charge < -0.3 is 29.3 Å². The summed E-state index contributed by atoms with van der Waals surface area (Å²) in [5.74, 6) is -2.73. The fourth-order valence-corrected chi connectivity index (χ4v) is 10.8. The van der Waals surface area contributed by atoms with E-state index < -0.39 is 56.6 Å². The first-order valence-electron chi connectivity index (χ1n) is 20.8. The van der Waals surface area contributed by atoms with Crippen molar-refractivity contribution in [1.29, 1.82) is 0 Å². The summed E-state index contributed by atoms with van der Waals surface area (Å²) in [6, 6.07) is 4.89. The number of carbonyl (C=O) groups is 4. The number of nitrogens with one attached hydrogen (secondary N) is 2. The number of hydrogen-bond acceptors (Lipinski definition) is 11. The van der Waals surface area contributed by atoms with Crippen LogP contribution in [0.2, 0.25) is 0 Å². The molecule has 4 heterocycles. The summed E-state index contributed by atoms with van der Waals surface area (Å²) in [5.41, 5.74) is 0.125. The van der Waals surface area contributed by atoms with E-state index in [0.717, 1.165) is 56.9 Å². The lowest BCUT2D eigenvalue weighted by Crippen LogP contribution is -2.57. The second-order valence-corrected chi connectivity index (χ2v) is 18.6. The van der Waals surface area contributed by atoms with Gasteiger partial charge in [-0.2, -0.15) is 9.97 Å². The summed E-state index contributed by atoms with van der Waals surface area (Å²) < 4.78 is 46.3. The van der Waals surface area contributed by atoms with E-state index in [4.69, 9.17) is 14.2 Å². The number of nitrogens with zero attached hydrogens (tertiary/aromatic N) is 4. The van der Waals surface area contributed by atoms with Gasteiger partial charge in [-0.1, -0.05) is 25.0 Å². The van der Waals surface area contributed by atoms with E-state index >= 15 is 4.79 Å². The number of sulfonamides is 1. The largest absolute Gasteiger partial charge is 0.472 e. The number of hydrogen-bond donors (Lipinski definition) is 2. The zero-order chi connectivity index (χ0) is 39.9. The van der Waals surface area contributed by atoms with Gasteiger partial charge in [-0.25, -0.2) is 8.42 Å². The van der Waals surface area contributed by atoms with Crippen LogP contribution >= 0.6 is 0 Å². The molecule has 0 spiro atoms. The summed E-state index contributed by atoms with van der Waals surface area (Å²) >= 11 is 0. The molecule has 15 nitrogen and oxygen atoms in total. The molecule has 5 fully saturated rings. The molecule has 2 saturated heterocycles. The zero-order valence-corrected chi connectivity index (χ0v) is 33.5. The summed E-state index contributed by atoms with van der Waals surface area (Å²) in [5, 5.41) is 2.91. The van der Waals surface area contributed by atoms with Gasteiger partial charge in [0.25, 0.3) is 5.91 Å². The molecule has 4 amide bonds. The molecule has 4 bridgehead atoms. The van der Waals surface area contributed by atoms with E-state index in [1.807, 2.05) is 30.0 Å². The third-order valence-corrected chi connectivity index (χ3v) is 14.6. The minimum atomic E-state index is -3.89. The third kappa shape index (κ3) is 8.21. The van der Waals surface area contributed by atoms with Crippen molar-refractivity contribution in [3.8, 4) is 11.9 Å². The molecular formula is C41H54N6O9S. The van der Waals surface area contributed by atoms with Crippen LogP contribution in [0.15, 0.2) is 30.9 Å². The van der Waals surface area contributed by atoms with Crippen molar-refractivity contribution < 1.29 is 41.8 Å². The number of fused-ring (bicyclic) bond motifs is 4. The molecule has 3 saturated carbocycles. The number of benzene rings is 1. The van der Waals surface area contributed by atoms with Gasteiger partial charge in [-0.15, -0.1) is 6.58 Å². The molecule has 1 aromatic carbocycles. The van der Waals surface area contributed by atoms with Gasteiger partial charge >= 0.3 is 6.01 Å². The second kappa shape index (κ2) is 16.1. The average molecular weight is 807 g/mol. The maximum absolute atomic E-state index is 15.0. The summed E-state index contributed by atoms with van der Waals surface area (Å²) in [6.45, 7) is 7.60. The maximum Gasteiger partial charge on any atom is 0.320 e. The first-order valence-corrected chi connectivity index (χ1v) is 22.3. The Labute approximate surface area is 333 Å². The molecule has 0 unspecified atom stereocenters. The molecule has 3 aliphatic carbocycles. The van der Waals surface area contributed by atoms with Crippen molar-refractivity contribution in [1.82, 2.24) is 29.8 Å². The van der Waals surface area contributed by atoms with E-state index in [9.17, 15) is 22.8 Å². The van der Waals surface area contributed by atoms with Crippen LogP contribution in [0.3, 0.4) is 0 Å². The zero-order valence-electron chi connectivity index (χ0n) is 32.7. The average Bonchev–Trinajstić information content (AvgIpc) is 3.96. The number of amides is 4. The van der Waals surface area contributed by atoms with Crippen LogP contribution < -0.4 is 19.5 Å². The van der Waals surface area contributed by atoms with Crippen molar-refractivity contribution >= 4 is 44.6 Å². The number of aryl methyl sites for hydroxylation is 1. The summed E-state index contributed by atoms with van der Waals surface area (Å²) in [4.78, 5) is 70.0. The molecule has 308 valence electrons. The smallest absolute Gasteiger partial charge is 0.320 e. The van der Waals surface area contributed by atoms with Crippen LogP contribution in [0.4, 0.5) is 0 Å². The Bertz CT molecular complexity index is 2020. The highest BCUT2D eigenvalue weighted by Gasteiger charge is 2.62. The SMILES string of the molecule is C=C[C@H]1C[C@]1(NC(=O)[C@@H]1C[C@@H]2CN1C(=O)[C@H](C1CCCC1)CC(=O)N1CCC[C@H]1COCCCc1ccc3nc(OCC)nc(c3c1)O2)C(=O)NS(=O)(=O)C1CC1. The molecule has 16 heteroatoms. The molecule has 2 N–H and O–H groups in total. The van der Waals surface area contributed by atoms with E-state index in [-0.39, 0.29) is 61.5 Å². The Morgan fingerprint density at radius 3 is 2.61 bits per heavy atom. The Kier molecular flexibility index (Phi) is 11.2. The first-order chi connectivity index (χ1) is 27.5. The molecule has 57 heavy (non-hydrogen) atoms. The molecular weight excluding hydrogens is 753 g/mol. The Balaban J connectivity index is 1.14. The normalized spacial score (nSPS) is 29.9. The lowest BCUT2D eigenvalue weighted by atomic mass is 9.86. The van der Waals surface area contributed by atoms with Gasteiger partial charge in [0.15, 0.2) is 0 Å². The van der Waals surface area contributed by atoms with Gasteiger partial charge in [-0.05, 0) is 88.3 Å². The lowest BCUT2D eigenvalue weighted by Gasteiger charge is -2.33. The van der Waals surface area contributed by atoms with Crippen LogP contribution in [0.25, 0.3) is 10.9 Å². The van der Waals surface area contributed by atoms with Crippen LogP contribution in [0.5, 0.6) is 11.9 Å². The standard InChI is InChI=1S/C41H54N6O9S/c1-3-27-22-41(27,39(51)45-57(52,53)30-14-15-30)44-36(49)34-20-29-23-47(34)38(50)31(26-10-5-6-11-26)21-35(48)46-17-7-12-28(46)24-54-18-8-9-25-13-16-33-32(19-25)37(56-29)43-40(42-33)55-4-2/h3,13,16,19,26-31,34H,1,4-12,14-15,17-18,20-24H2,2H3,(H,44,49)(H,45,51)/t27-,28-,29+,31-,34-,41+/m0/s1. The highest BCUT2D eigenvalue weighted by Crippen LogP contribution is 2.46. The third-order valence-electron chi connectivity index (χ3n) is 12.8. The van der Waals surface area contributed by atoms with Gasteiger partial charge in [0.05, 0.1) is 42.0 Å². The van der Waals surface area contributed by atoms with Crippen molar-refractivity contribution in [2.24, 2.45) is 17.8 Å². The number of aromatic nitrogens is 2. The van der Waals surface area contributed by atoms with Crippen LogP contribution in [-0.2, 0) is 40.4 Å². The van der Waals surface area contributed by atoms with Crippen LogP contribution in [0.1, 0.15) is 89.5 Å². The molecule has 1 aromatic heterocycles. The van der Waals surface area contributed by atoms with Crippen molar-refractivity contribution in [3.05, 3.63) is 36.4 Å². The number of carbonyl (C=O) groups excluding carboxylic acids is 4. The minimum Gasteiger partial charge on any atom is -0.472 e. The Morgan fingerprint density at radius 2 is 1.88 bits per heavy atom. The predicted octanol–water partition coefficient (Wildman–Crippen LogP) is 3.20. The van der Waals surface area contributed by atoms with Crippen LogP contribution in [0, 0.1) is 17.8 Å². The lowest BCUT2D eigenvalue weighted by molar-refractivity contribution is -0.147. The van der Waals surface area contributed by atoms with Gasteiger partial charge in [0.2, 0.25) is 33.6 Å². The summed E-state index contributed by atoms with van der Waals surface area (Å²) in [7, 11) is -3.89. The molecule has 3 aliphatic heterocycles. The van der Waals surface area contributed by atoms with E-state index in [2.05, 4.69) is 26.6 Å². The fraction of sp³-hybridized carbons (Fsp3) is 0.659. The van der Waals surface area contributed by atoms with Crippen LogP contribution in [-0.4, -0.2) is 114 Å². The fourth-order valence-electron chi connectivity index (χ4n) is 9.39. The quantitative estimate of drug-likeness (QED) is 0.355. The summed E-state index contributed by atoms with van der Waals surface area (Å²) in [6.07, 6.45) is 8.75. The minimum absolute atomic E-state index is 0.0242. The molecule has 6 atom stereocenters. The number of rotatable bonds is 9. The highest BCUT2D eigenvalue weighted by molar-refractivity contribution is 7.91. The monoisotopic (exact) mass is 806 g/mol. The van der Waals surface area contributed by atoms with E-state index in [0.29, 0.717) is 50.1 Å². The molecule has 8 rings (SSSR count). The van der Waals surface area contributed by atoms with E-state index in [1.165, 1.54) is 11.0 Å². The predicted molar refractivity (Wildman–Crippen MR) is 208 cm³/mol. The second-order valence-electron chi connectivity index (χ2n) is 16.7. The van der Waals surface area contributed by atoms with Crippen molar-refractivity contribution in [2.45, 2.75) is 119 Å². The molecule has 0 radical (unpaired) electrons. The van der Waals surface area contributed by atoms with Crippen molar-refractivity contribution in [3.63, 3.8) is 0 Å². The van der Waals surface area contributed by atoms with Crippen molar-refractivity contribution in [2.75, 3.05) is 32.9 Å². The Morgan fingerprint density at radius 1 is 1.07 bits per heavy atom. The first kappa shape index (κ1) is 39.5. The number of ether oxygens (including phenoxy) is 3. The molecule has 2 aromatic rings. The van der Waals surface area contributed by atoms with E-state index in [1.54, 1.807) is 0 Å². The topological polar surface area (TPSA) is 186 Å². The van der Waals surface area contributed by atoms with Gasteiger partial charge in [0, 0.05) is 37.8 Å². The maximum atomic E-state index is 15.0. The van der Waals surface area contributed by atoms with Gasteiger partial charge in [0.1, 0.15) is 17.7 Å². The Hall–Kier alpha value is -4.31. The van der Waals surface area contributed by atoms with Gasteiger partial charge in [-0.3, -0.25) is 23.9 Å². The highest BCUT2D eigenvalue weighted by atomic mass is 32.2.